The van der Waals surface area contributed by atoms with Gasteiger partial charge in [0.15, 0.2) is 0 Å². The second-order valence-corrected chi connectivity index (χ2v) is 3.43. The minimum absolute atomic E-state index is 0.168. The van der Waals surface area contributed by atoms with Crippen LogP contribution in [0.4, 0.5) is 4.39 Å². The summed E-state index contributed by atoms with van der Waals surface area (Å²) in [6.45, 7) is 1.89. The molecule has 3 nitrogen and oxygen atoms in total. The summed E-state index contributed by atoms with van der Waals surface area (Å²) in [4.78, 5) is 11.3. The Kier molecular flexibility index (Phi) is 4.46. The highest BCUT2D eigenvalue weighted by Gasteiger charge is 2.12. The molecule has 1 aromatic rings. The molecule has 0 bridgehead atoms. The van der Waals surface area contributed by atoms with E-state index >= 15 is 0 Å². The molecule has 1 atom stereocenters. The Bertz CT molecular complexity index is 394. The summed E-state index contributed by atoms with van der Waals surface area (Å²) in [7, 11) is 0. The topological polar surface area (TPSA) is 52.9 Å². The number of nitrogens with zero attached hydrogens (tertiary/aromatic N) is 1. The molecule has 1 aromatic carbocycles. The molecule has 4 heteroatoms. The average Bonchev–Trinajstić information content (AvgIpc) is 2.27. The highest BCUT2D eigenvalue weighted by Crippen LogP contribution is 2.12. The van der Waals surface area contributed by atoms with Gasteiger partial charge in [0, 0.05) is 6.42 Å². The molecule has 1 rings (SSSR count). The molecule has 0 aromatic heterocycles. The zero-order chi connectivity index (χ0) is 12.0. The van der Waals surface area contributed by atoms with Gasteiger partial charge in [-0.15, -0.1) is 0 Å². The van der Waals surface area contributed by atoms with Gasteiger partial charge >= 0.3 is 0 Å². The van der Waals surface area contributed by atoms with Crippen molar-refractivity contribution in [2.24, 2.45) is 0 Å². The van der Waals surface area contributed by atoms with Gasteiger partial charge in [-0.1, -0.05) is 19.1 Å². The Hall–Kier alpha value is -1.89. The molecule has 0 spiro atoms. The highest BCUT2D eigenvalue weighted by molar-refractivity contribution is 5.76. The quantitative estimate of drug-likeness (QED) is 0.846. The van der Waals surface area contributed by atoms with Gasteiger partial charge in [-0.25, -0.2) is 4.39 Å². The number of hydrogen-bond acceptors (Lipinski definition) is 2. The van der Waals surface area contributed by atoms with Crippen molar-refractivity contribution in [3.63, 3.8) is 0 Å². The van der Waals surface area contributed by atoms with Crippen LogP contribution in [-0.4, -0.2) is 5.91 Å². The second-order valence-electron chi connectivity index (χ2n) is 3.43. The third-order valence-electron chi connectivity index (χ3n) is 2.11. The number of nitrogens with one attached hydrogen (secondary N) is 1. The van der Waals surface area contributed by atoms with E-state index in [1.807, 2.05) is 13.0 Å². The number of amides is 1. The zero-order valence-corrected chi connectivity index (χ0v) is 9.03. The molecule has 1 N–H and O–H groups in total. The van der Waals surface area contributed by atoms with Gasteiger partial charge in [0.05, 0.1) is 6.07 Å². The SMILES string of the molecule is CCCC(=O)NC(C#N)c1ccc(F)cc1. The van der Waals surface area contributed by atoms with Gasteiger partial charge in [0.25, 0.3) is 0 Å². The molecule has 0 saturated heterocycles. The Balaban J connectivity index is 2.72. The maximum atomic E-state index is 12.7. The van der Waals surface area contributed by atoms with E-state index in [9.17, 15) is 9.18 Å². The third-order valence-corrected chi connectivity index (χ3v) is 2.11. The maximum Gasteiger partial charge on any atom is 0.221 e. The average molecular weight is 220 g/mol. The lowest BCUT2D eigenvalue weighted by molar-refractivity contribution is -0.121. The van der Waals surface area contributed by atoms with Crippen molar-refractivity contribution in [3.05, 3.63) is 35.6 Å². The van der Waals surface area contributed by atoms with Gasteiger partial charge in [-0.05, 0) is 24.1 Å². The summed E-state index contributed by atoms with van der Waals surface area (Å²) in [6, 6.07) is 6.79. The van der Waals surface area contributed by atoms with Crippen LogP contribution in [0.5, 0.6) is 0 Å². The Labute approximate surface area is 93.9 Å². The van der Waals surface area contributed by atoms with Crippen LogP contribution in [0.3, 0.4) is 0 Å². The van der Waals surface area contributed by atoms with Crippen LogP contribution in [0, 0.1) is 17.1 Å². The lowest BCUT2D eigenvalue weighted by Gasteiger charge is -2.11. The Morgan fingerprint density at radius 3 is 2.62 bits per heavy atom. The van der Waals surface area contributed by atoms with Crippen LogP contribution in [0.2, 0.25) is 0 Å². The number of halogens is 1. The molecular formula is C12H13FN2O. The fourth-order valence-corrected chi connectivity index (χ4v) is 1.31. The van der Waals surface area contributed by atoms with Crippen molar-refractivity contribution >= 4 is 5.91 Å². The summed E-state index contributed by atoms with van der Waals surface area (Å²) in [5, 5.41) is 11.5. The van der Waals surface area contributed by atoms with Crippen LogP contribution < -0.4 is 5.32 Å². The van der Waals surface area contributed by atoms with Crippen molar-refractivity contribution in [2.75, 3.05) is 0 Å². The van der Waals surface area contributed by atoms with E-state index in [2.05, 4.69) is 5.32 Å². The first-order chi connectivity index (χ1) is 7.67. The Morgan fingerprint density at radius 2 is 2.12 bits per heavy atom. The number of rotatable bonds is 4. The molecule has 0 aliphatic heterocycles. The van der Waals surface area contributed by atoms with Crippen LogP contribution in [-0.2, 0) is 4.79 Å². The smallest absolute Gasteiger partial charge is 0.221 e. The van der Waals surface area contributed by atoms with Crippen molar-refractivity contribution in [3.8, 4) is 6.07 Å². The monoisotopic (exact) mass is 220 g/mol. The van der Waals surface area contributed by atoms with E-state index < -0.39 is 6.04 Å². The number of nitriles is 1. The standard InChI is InChI=1S/C12H13FN2O/c1-2-3-12(16)15-11(8-14)9-4-6-10(13)7-5-9/h4-7,11H,2-3H2,1H3,(H,15,16). The lowest BCUT2D eigenvalue weighted by Crippen LogP contribution is -2.27. The summed E-state index contributed by atoms with van der Waals surface area (Å²) < 4.78 is 12.7. The van der Waals surface area contributed by atoms with Crippen molar-refractivity contribution in [2.45, 2.75) is 25.8 Å². The zero-order valence-electron chi connectivity index (χ0n) is 9.03. The van der Waals surface area contributed by atoms with E-state index in [-0.39, 0.29) is 11.7 Å². The summed E-state index contributed by atoms with van der Waals surface area (Å²) in [6.07, 6.45) is 1.12. The fourth-order valence-electron chi connectivity index (χ4n) is 1.31. The van der Waals surface area contributed by atoms with Crippen LogP contribution in [0.15, 0.2) is 24.3 Å². The van der Waals surface area contributed by atoms with Gasteiger partial charge in [0.2, 0.25) is 5.91 Å². The largest absolute Gasteiger partial charge is 0.337 e. The summed E-state index contributed by atoms with van der Waals surface area (Å²) >= 11 is 0. The van der Waals surface area contributed by atoms with Gasteiger partial charge in [0.1, 0.15) is 11.9 Å². The Morgan fingerprint density at radius 1 is 1.50 bits per heavy atom. The summed E-state index contributed by atoms with van der Waals surface area (Å²) in [5.41, 5.74) is 0.591. The first-order valence-electron chi connectivity index (χ1n) is 5.11. The number of hydrogen-bond donors (Lipinski definition) is 1. The van der Waals surface area contributed by atoms with Crippen LogP contribution in [0.1, 0.15) is 31.4 Å². The first kappa shape index (κ1) is 12.2. The molecule has 0 radical (unpaired) electrons. The molecular weight excluding hydrogens is 207 g/mol. The van der Waals surface area contributed by atoms with Gasteiger partial charge < -0.3 is 5.32 Å². The third kappa shape index (κ3) is 3.35. The molecule has 0 heterocycles. The van der Waals surface area contributed by atoms with Gasteiger partial charge in [-0.3, -0.25) is 4.79 Å². The molecule has 0 aliphatic rings. The normalized spacial score (nSPS) is 11.6. The number of carbonyl (C=O) groups excluding carboxylic acids is 1. The van der Waals surface area contributed by atoms with Crippen molar-refractivity contribution < 1.29 is 9.18 Å². The highest BCUT2D eigenvalue weighted by atomic mass is 19.1. The number of carbonyl (C=O) groups is 1. The lowest BCUT2D eigenvalue weighted by atomic mass is 10.1. The molecule has 84 valence electrons. The minimum Gasteiger partial charge on any atom is -0.337 e. The predicted octanol–water partition coefficient (Wildman–Crippen LogP) is 2.31. The molecule has 1 unspecified atom stereocenters. The van der Waals surface area contributed by atoms with Crippen LogP contribution >= 0.6 is 0 Å². The van der Waals surface area contributed by atoms with Crippen molar-refractivity contribution in [1.29, 1.82) is 5.26 Å². The molecule has 0 fully saturated rings. The first-order valence-corrected chi connectivity index (χ1v) is 5.11. The van der Waals surface area contributed by atoms with Gasteiger partial charge in [-0.2, -0.15) is 5.26 Å². The number of benzene rings is 1. The molecule has 0 aliphatic carbocycles. The van der Waals surface area contributed by atoms with E-state index in [1.54, 1.807) is 0 Å². The van der Waals surface area contributed by atoms with Crippen molar-refractivity contribution in [1.82, 2.24) is 5.32 Å². The minimum atomic E-state index is -0.709. The fraction of sp³-hybridized carbons (Fsp3) is 0.333. The van der Waals surface area contributed by atoms with E-state index in [4.69, 9.17) is 5.26 Å². The molecule has 1 amide bonds. The van der Waals surface area contributed by atoms with E-state index in [1.165, 1.54) is 24.3 Å². The molecule has 16 heavy (non-hydrogen) atoms. The predicted molar refractivity (Wildman–Crippen MR) is 57.8 cm³/mol. The molecule has 0 saturated carbocycles. The van der Waals surface area contributed by atoms with E-state index in [0.717, 1.165) is 6.42 Å². The van der Waals surface area contributed by atoms with Crippen LogP contribution in [0.25, 0.3) is 0 Å². The van der Waals surface area contributed by atoms with E-state index in [0.29, 0.717) is 12.0 Å². The second kappa shape index (κ2) is 5.86. The maximum absolute atomic E-state index is 12.7. The summed E-state index contributed by atoms with van der Waals surface area (Å²) in [5.74, 6) is -0.529.